The summed E-state index contributed by atoms with van der Waals surface area (Å²) in [6.07, 6.45) is 5.64. The van der Waals surface area contributed by atoms with Crippen LogP contribution in [0.25, 0.3) is 0 Å². The molecule has 0 aliphatic carbocycles. The van der Waals surface area contributed by atoms with E-state index in [-0.39, 0.29) is 6.09 Å². The van der Waals surface area contributed by atoms with Crippen molar-refractivity contribution in [2.75, 3.05) is 0 Å². The zero-order chi connectivity index (χ0) is 16.9. The molecule has 1 heterocycles. The molecular formula is C19H27NO2Si. The Morgan fingerprint density at radius 1 is 1.13 bits per heavy atom. The predicted octanol–water partition coefficient (Wildman–Crippen LogP) is 5.58. The van der Waals surface area contributed by atoms with Gasteiger partial charge in [-0.05, 0) is 18.1 Å². The maximum Gasteiger partial charge on any atom is 0.423 e. The molecule has 1 aliphatic heterocycles. The fourth-order valence-electron chi connectivity index (χ4n) is 3.37. The maximum atomic E-state index is 12.4. The number of carbonyl (C=O) groups excluding carboxylic acids is 1. The molecule has 0 saturated heterocycles. The van der Waals surface area contributed by atoms with Crippen molar-refractivity contribution in [3.8, 4) is 5.75 Å². The summed E-state index contributed by atoms with van der Waals surface area (Å²) in [7, 11) is -1.50. The number of ether oxygens (including phenoxy) is 1. The SMILES string of the molecule is CC[Si](CC)(CC)C1=CN(C(=O)Oc2ccccc2)C=CC1C. The summed E-state index contributed by atoms with van der Waals surface area (Å²) < 4.78 is 5.46. The fraction of sp³-hybridized carbons (Fsp3) is 0.421. The Kier molecular flexibility index (Phi) is 5.83. The van der Waals surface area contributed by atoms with Crippen LogP contribution in [0.4, 0.5) is 4.79 Å². The van der Waals surface area contributed by atoms with E-state index in [0.717, 1.165) is 0 Å². The first-order valence-electron chi connectivity index (χ1n) is 8.52. The average Bonchev–Trinajstić information content (AvgIpc) is 2.59. The van der Waals surface area contributed by atoms with Crippen LogP contribution in [-0.4, -0.2) is 19.1 Å². The molecule has 1 aromatic carbocycles. The molecule has 23 heavy (non-hydrogen) atoms. The van der Waals surface area contributed by atoms with Gasteiger partial charge in [0.05, 0.1) is 8.07 Å². The Morgan fingerprint density at radius 2 is 1.74 bits per heavy atom. The highest BCUT2D eigenvalue weighted by Gasteiger charge is 2.35. The Balaban J connectivity index is 2.23. The van der Waals surface area contributed by atoms with Gasteiger partial charge in [-0.1, -0.05) is 75.3 Å². The van der Waals surface area contributed by atoms with Gasteiger partial charge in [-0.15, -0.1) is 0 Å². The normalized spacial score (nSPS) is 17.8. The molecule has 0 fully saturated rings. The minimum Gasteiger partial charge on any atom is -0.410 e. The monoisotopic (exact) mass is 329 g/mol. The lowest BCUT2D eigenvalue weighted by atomic mass is 10.1. The maximum absolute atomic E-state index is 12.4. The largest absolute Gasteiger partial charge is 0.423 e. The van der Waals surface area contributed by atoms with Crippen molar-refractivity contribution in [2.24, 2.45) is 5.92 Å². The van der Waals surface area contributed by atoms with E-state index < -0.39 is 8.07 Å². The molecule has 1 aromatic rings. The summed E-state index contributed by atoms with van der Waals surface area (Å²) in [5, 5.41) is 1.46. The molecule has 0 radical (unpaired) electrons. The Morgan fingerprint density at radius 3 is 2.30 bits per heavy atom. The van der Waals surface area contributed by atoms with E-state index in [2.05, 4.69) is 33.8 Å². The van der Waals surface area contributed by atoms with E-state index in [1.807, 2.05) is 30.6 Å². The molecule has 1 aliphatic rings. The molecule has 2 rings (SSSR count). The summed E-state index contributed by atoms with van der Waals surface area (Å²) in [4.78, 5) is 14.0. The van der Waals surface area contributed by atoms with Gasteiger partial charge in [-0.2, -0.15) is 0 Å². The lowest BCUT2D eigenvalue weighted by Gasteiger charge is -2.37. The van der Waals surface area contributed by atoms with Crippen LogP contribution in [0.1, 0.15) is 27.7 Å². The third kappa shape index (κ3) is 3.75. The predicted molar refractivity (Wildman–Crippen MR) is 97.9 cm³/mol. The summed E-state index contributed by atoms with van der Waals surface area (Å²) in [6.45, 7) is 9.10. The van der Waals surface area contributed by atoms with Crippen molar-refractivity contribution >= 4 is 14.2 Å². The van der Waals surface area contributed by atoms with Gasteiger partial charge in [0, 0.05) is 12.4 Å². The van der Waals surface area contributed by atoms with Crippen LogP contribution >= 0.6 is 0 Å². The minimum atomic E-state index is -1.50. The third-order valence-corrected chi connectivity index (χ3v) is 11.0. The number of amides is 1. The summed E-state index contributed by atoms with van der Waals surface area (Å²) in [6, 6.07) is 12.9. The van der Waals surface area contributed by atoms with E-state index in [1.165, 1.54) is 23.3 Å². The Labute approximate surface area is 140 Å². The van der Waals surface area contributed by atoms with Crippen LogP contribution in [0.2, 0.25) is 18.1 Å². The van der Waals surface area contributed by atoms with Crippen molar-refractivity contribution < 1.29 is 9.53 Å². The highest BCUT2D eigenvalue weighted by molar-refractivity contribution is 6.86. The Hall–Kier alpha value is -1.81. The van der Waals surface area contributed by atoms with Crippen molar-refractivity contribution in [1.82, 2.24) is 4.90 Å². The van der Waals surface area contributed by atoms with Crippen LogP contribution in [0, 0.1) is 5.92 Å². The summed E-state index contributed by atoms with van der Waals surface area (Å²) >= 11 is 0. The summed E-state index contributed by atoms with van der Waals surface area (Å²) in [5.41, 5.74) is 0. The number of hydrogen-bond donors (Lipinski definition) is 0. The van der Waals surface area contributed by atoms with Gasteiger partial charge in [0.25, 0.3) is 0 Å². The van der Waals surface area contributed by atoms with Crippen LogP contribution in [0.5, 0.6) is 5.75 Å². The molecule has 0 spiro atoms. The van der Waals surface area contributed by atoms with Gasteiger partial charge in [0.2, 0.25) is 0 Å². The van der Waals surface area contributed by atoms with Crippen molar-refractivity contribution in [3.63, 3.8) is 0 Å². The molecule has 0 aromatic heterocycles. The zero-order valence-electron chi connectivity index (χ0n) is 14.6. The topological polar surface area (TPSA) is 29.5 Å². The number of carbonyl (C=O) groups is 1. The molecule has 4 heteroatoms. The number of allylic oxidation sites excluding steroid dienone is 2. The standard InChI is InChI=1S/C19H27NO2Si/c1-5-23(6-2,7-3)18-15-20(14-13-16(18)4)19(21)22-17-11-9-8-10-12-17/h8-16H,5-7H2,1-4H3. The average molecular weight is 330 g/mol. The molecule has 0 N–H and O–H groups in total. The second-order valence-electron chi connectivity index (χ2n) is 6.14. The minimum absolute atomic E-state index is 0.344. The molecule has 1 amide bonds. The van der Waals surface area contributed by atoms with Crippen molar-refractivity contribution in [3.05, 3.63) is 54.0 Å². The first kappa shape index (κ1) is 17.5. The lowest BCUT2D eigenvalue weighted by molar-refractivity contribution is 0.181. The molecule has 1 atom stereocenters. The first-order valence-corrected chi connectivity index (χ1v) is 11.1. The molecule has 124 valence electrons. The van der Waals surface area contributed by atoms with E-state index >= 15 is 0 Å². The van der Waals surface area contributed by atoms with Gasteiger partial charge in [0.15, 0.2) is 0 Å². The van der Waals surface area contributed by atoms with Crippen LogP contribution < -0.4 is 4.74 Å². The third-order valence-electron chi connectivity index (χ3n) is 5.11. The molecule has 0 saturated carbocycles. The highest BCUT2D eigenvalue weighted by Crippen LogP contribution is 2.36. The smallest absolute Gasteiger partial charge is 0.410 e. The molecule has 1 unspecified atom stereocenters. The van der Waals surface area contributed by atoms with Crippen molar-refractivity contribution in [1.29, 1.82) is 0 Å². The second-order valence-corrected chi connectivity index (χ2v) is 11.4. The lowest BCUT2D eigenvalue weighted by Crippen LogP contribution is -2.40. The second kappa shape index (κ2) is 7.64. The molecular weight excluding hydrogens is 302 g/mol. The number of para-hydroxylation sites is 1. The molecule has 3 nitrogen and oxygen atoms in total. The van der Waals surface area contributed by atoms with Crippen LogP contribution in [0.15, 0.2) is 54.0 Å². The van der Waals surface area contributed by atoms with Gasteiger partial charge < -0.3 is 4.74 Å². The van der Waals surface area contributed by atoms with Gasteiger partial charge in [-0.3, -0.25) is 4.90 Å². The van der Waals surface area contributed by atoms with Crippen molar-refractivity contribution in [2.45, 2.75) is 45.8 Å². The van der Waals surface area contributed by atoms with E-state index in [1.54, 1.807) is 17.0 Å². The first-order chi connectivity index (χ1) is 11.1. The Bertz CT molecular complexity index is 582. The fourth-order valence-corrected chi connectivity index (χ4v) is 7.57. The summed E-state index contributed by atoms with van der Waals surface area (Å²) in [5.74, 6) is 0.978. The number of benzene rings is 1. The van der Waals surface area contributed by atoms with Gasteiger partial charge >= 0.3 is 6.09 Å². The van der Waals surface area contributed by atoms with Gasteiger partial charge in [-0.25, -0.2) is 4.79 Å². The number of nitrogens with zero attached hydrogens (tertiary/aromatic N) is 1. The van der Waals surface area contributed by atoms with E-state index in [9.17, 15) is 4.79 Å². The quantitative estimate of drug-likeness (QED) is 0.660. The number of hydrogen-bond acceptors (Lipinski definition) is 2. The zero-order valence-corrected chi connectivity index (χ0v) is 15.6. The molecule has 0 bridgehead atoms. The van der Waals surface area contributed by atoms with E-state index in [4.69, 9.17) is 4.74 Å². The number of rotatable bonds is 5. The van der Waals surface area contributed by atoms with E-state index in [0.29, 0.717) is 11.7 Å². The van der Waals surface area contributed by atoms with Gasteiger partial charge in [0.1, 0.15) is 5.75 Å². The van der Waals surface area contributed by atoms with Crippen LogP contribution in [0.3, 0.4) is 0 Å². The van der Waals surface area contributed by atoms with Crippen LogP contribution in [-0.2, 0) is 0 Å². The highest BCUT2D eigenvalue weighted by atomic mass is 28.3.